The molecule has 1 unspecified atom stereocenters. The van der Waals surface area contributed by atoms with Gasteiger partial charge in [0.25, 0.3) is 5.82 Å². The van der Waals surface area contributed by atoms with E-state index in [0.29, 0.717) is 12.0 Å². The maximum Gasteiger partial charge on any atom is 0.254 e. The predicted molar refractivity (Wildman–Crippen MR) is 124 cm³/mol. The van der Waals surface area contributed by atoms with Crippen molar-refractivity contribution in [3.05, 3.63) is 17.7 Å². The molecule has 1 N–H and O–H groups in total. The Labute approximate surface area is 176 Å². The van der Waals surface area contributed by atoms with Gasteiger partial charge in [0.1, 0.15) is 11.9 Å². The normalized spacial score (nSPS) is 12.8. The zero-order chi connectivity index (χ0) is 20.6. The number of H-pyrrole nitrogens is 1. The Balaban J connectivity index is 2.27. The second-order valence-electron chi connectivity index (χ2n) is 9.32. The van der Waals surface area contributed by atoms with E-state index in [4.69, 9.17) is 0 Å². The maximum atomic E-state index is 3.60. The van der Waals surface area contributed by atoms with E-state index in [2.05, 4.69) is 50.4 Å². The van der Waals surface area contributed by atoms with E-state index >= 15 is 0 Å². The van der Waals surface area contributed by atoms with Gasteiger partial charge < -0.3 is 0 Å². The van der Waals surface area contributed by atoms with Crippen LogP contribution in [0.4, 0.5) is 0 Å². The highest BCUT2D eigenvalue weighted by atomic mass is 15.1. The number of hydrogen-bond acceptors (Lipinski definition) is 0. The minimum absolute atomic E-state index is 0.593. The number of nitrogens with one attached hydrogen (secondary N) is 1. The molecule has 1 atom stereocenters. The van der Waals surface area contributed by atoms with E-state index in [0.717, 1.165) is 0 Å². The number of hydrogen-bond donors (Lipinski definition) is 1. The molecule has 0 fully saturated rings. The molecule has 2 heteroatoms. The molecule has 0 bridgehead atoms. The third-order valence-corrected chi connectivity index (χ3v) is 6.23. The average Bonchev–Trinajstić information content (AvgIpc) is 3.10. The van der Waals surface area contributed by atoms with E-state index in [-0.39, 0.29) is 0 Å². The van der Waals surface area contributed by atoms with Crippen LogP contribution in [0.1, 0.15) is 154 Å². The number of rotatable bonds is 18. The van der Waals surface area contributed by atoms with Crippen LogP contribution in [0.25, 0.3) is 0 Å². The quantitative estimate of drug-likeness (QED) is 0.191. The standard InChI is InChI=1S/C26H50N2/c1-6-8-10-11-12-13-14-15-16-17-19-20-24(5)28-25(23(3)4)22-27-26(28)21-18-9-7-2/h22-24H,6-21H2,1-5H3/p+1. The van der Waals surface area contributed by atoms with Gasteiger partial charge in [-0.3, -0.25) is 0 Å². The van der Waals surface area contributed by atoms with Gasteiger partial charge in [0.15, 0.2) is 0 Å². The van der Waals surface area contributed by atoms with Crippen LogP contribution in [0, 0.1) is 0 Å². The van der Waals surface area contributed by atoms with Crippen LogP contribution >= 0.6 is 0 Å². The van der Waals surface area contributed by atoms with Crippen molar-refractivity contribution in [1.29, 1.82) is 0 Å². The van der Waals surface area contributed by atoms with E-state index < -0.39 is 0 Å². The molecular formula is C26H51N2+. The number of aryl methyl sites for hydroxylation is 1. The summed E-state index contributed by atoms with van der Waals surface area (Å²) in [5.41, 5.74) is 1.49. The van der Waals surface area contributed by atoms with Gasteiger partial charge in [-0.05, 0) is 26.2 Å². The summed E-state index contributed by atoms with van der Waals surface area (Å²) in [4.78, 5) is 3.60. The van der Waals surface area contributed by atoms with Crippen LogP contribution in [0.15, 0.2) is 6.20 Å². The van der Waals surface area contributed by atoms with Crippen LogP contribution < -0.4 is 4.57 Å². The van der Waals surface area contributed by atoms with Crippen molar-refractivity contribution >= 4 is 0 Å². The highest BCUT2D eigenvalue weighted by Gasteiger charge is 2.24. The molecule has 0 aliphatic heterocycles. The first-order chi connectivity index (χ1) is 13.6. The van der Waals surface area contributed by atoms with Crippen molar-refractivity contribution < 1.29 is 4.57 Å². The largest absolute Gasteiger partial charge is 0.254 e. The minimum atomic E-state index is 0.593. The second-order valence-corrected chi connectivity index (χ2v) is 9.32. The molecule has 0 radical (unpaired) electrons. The lowest BCUT2D eigenvalue weighted by Crippen LogP contribution is -2.44. The highest BCUT2D eigenvalue weighted by molar-refractivity contribution is 4.97. The summed E-state index contributed by atoms with van der Waals surface area (Å²) >= 11 is 0. The van der Waals surface area contributed by atoms with Gasteiger partial charge in [0.2, 0.25) is 0 Å². The minimum Gasteiger partial charge on any atom is -0.247 e. The van der Waals surface area contributed by atoms with E-state index in [1.165, 1.54) is 114 Å². The molecule has 1 heterocycles. The molecule has 0 saturated carbocycles. The third-order valence-electron chi connectivity index (χ3n) is 6.23. The van der Waals surface area contributed by atoms with Gasteiger partial charge in [-0.15, -0.1) is 0 Å². The molecule has 1 aromatic heterocycles. The monoisotopic (exact) mass is 391 g/mol. The zero-order valence-electron chi connectivity index (χ0n) is 20.0. The van der Waals surface area contributed by atoms with E-state index in [1.807, 2.05) is 0 Å². The molecule has 1 rings (SSSR count). The Kier molecular flexibility index (Phi) is 14.5. The van der Waals surface area contributed by atoms with Gasteiger partial charge in [0.05, 0.1) is 6.04 Å². The van der Waals surface area contributed by atoms with Crippen molar-refractivity contribution in [3.8, 4) is 0 Å². The van der Waals surface area contributed by atoms with Crippen LogP contribution in [0.2, 0.25) is 0 Å². The fourth-order valence-electron chi connectivity index (χ4n) is 4.39. The fraction of sp³-hybridized carbons (Fsp3) is 0.885. The molecule has 164 valence electrons. The summed E-state index contributed by atoms with van der Waals surface area (Å²) in [7, 11) is 0. The van der Waals surface area contributed by atoms with Gasteiger partial charge in [0, 0.05) is 12.3 Å². The summed E-state index contributed by atoms with van der Waals surface area (Å²) in [5, 5.41) is 0. The Morgan fingerprint density at radius 1 is 0.714 bits per heavy atom. The first-order valence-electron chi connectivity index (χ1n) is 12.7. The summed E-state index contributed by atoms with van der Waals surface area (Å²) in [6.07, 6.45) is 24.4. The van der Waals surface area contributed by atoms with Crippen LogP contribution in [0.3, 0.4) is 0 Å². The summed E-state index contributed by atoms with van der Waals surface area (Å²) in [6.45, 7) is 11.7. The predicted octanol–water partition coefficient (Wildman–Crippen LogP) is 8.42. The molecule has 0 aromatic carbocycles. The van der Waals surface area contributed by atoms with Crippen LogP contribution in [0.5, 0.6) is 0 Å². The Morgan fingerprint density at radius 3 is 1.75 bits per heavy atom. The topological polar surface area (TPSA) is 19.7 Å². The SMILES string of the molecule is CCCCCCCCCCCCCC(C)[n+]1c(C(C)C)c[nH]c1CCCCC. The second kappa shape index (κ2) is 16.1. The lowest BCUT2D eigenvalue weighted by Gasteiger charge is -2.15. The first-order valence-corrected chi connectivity index (χ1v) is 12.7. The number of imidazole rings is 1. The number of aromatic amines is 1. The smallest absolute Gasteiger partial charge is 0.247 e. The molecule has 0 amide bonds. The summed E-state index contributed by atoms with van der Waals surface area (Å²) in [5.74, 6) is 2.05. The van der Waals surface area contributed by atoms with Gasteiger partial charge in [-0.2, -0.15) is 0 Å². The van der Waals surface area contributed by atoms with Crippen molar-refractivity contribution in [2.45, 2.75) is 149 Å². The Morgan fingerprint density at radius 2 is 1.21 bits per heavy atom. The molecule has 0 saturated heterocycles. The third kappa shape index (κ3) is 10.1. The zero-order valence-corrected chi connectivity index (χ0v) is 20.0. The van der Waals surface area contributed by atoms with Gasteiger partial charge >= 0.3 is 0 Å². The Bertz CT molecular complexity index is 475. The lowest BCUT2D eigenvalue weighted by atomic mass is 10.0. The number of nitrogens with zero attached hydrogens (tertiary/aromatic N) is 1. The van der Waals surface area contributed by atoms with Gasteiger partial charge in [-0.25, -0.2) is 9.55 Å². The van der Waals surface area contributed by atoms with Crippen molar-refractivity contribution in [2.75, 3.05) is 0 Å². The lowest BCUT2D eigenvalue weighted by molar-refractivity contribution is -0.733. The molecule has 0 spiro atoms. The average molecular weight is 392 g/mol. The molecular weight excluding hydrogens is 340 g/mol. The Hall–Kier alpha value is -0.790. The molecule has 1 aromatic rings. The first kappa shape index (κ1) is 25.2. The molecule has 0 aliphatic carbocycles. The van der Waals surface area contributed by atoms with Crippen LogP contribution in [-0.4, -0.2) is 4.98 Å². The number of unbranched alkanes of at least 4 members (excludes halogenated alkanes) is 12. The highest BCUT2D eigenvalue weighted by Crippen LogP contribution is 2.19. The molecule has 2 nitrogen and oxygen atoms in total. The number of aromatic nitrogens is 2. The van der Waals surface area contributed by atoms with Crippen molar-refractivity contribution in [1.82, 2.24) is 4.98 Å². The van der Waals surface area contributed by atoms with Crippen molar-refractivity contribution in [2.24, 2.45) is 0 Å². The molecule has 28 heavy (non-hydrogen) atoms. The summed E-state index contributed by atoms with van der Waals surface area (Å²) < 4.78 is 2.64. The van der Waals surface area contributed by atoms with Gasteiger partial charge in [-0.1, -0.05) is 105 Å². The van der Waals surface area contributed by atoms with E-state index in [1.54, 1.807) is 0 Å². The van der Waals surface area contributed by atoms with Crippen molar-refractivity contribution in [3.63, 3.8) is 0 Å². The summed E-state index contributed by atoms with van der Waals surface area (Å²) in [6, 6.07) is 0.624. The van der Waals surface area contributed by atoms with E-state index in [9.17, 15) is 0 Å². The molecule has 0 aliphatic rings. The maximum absolute atomic E-state index is 3.60. The van der Waals surface area contributed by atoms with Crippen LogP contribution in [-0.2, 0) is 6.42 Å². The fourth-order valence-corrected chi connectivity index (χ4v) is 4.39.